The maximum absolute atomic E-state index is 10.6. The van der Waals surface area contributed by atoms with E-state index in [1.807, 2.05) is 0 Å². The lowest BCUT2D eigenvalue weighted by molar-refractivity contribution is -0.00521. The van der Waals surface area contributed by atoms with Crippen LogP contribution >= 0.6 is 22.7 Å². The van der Waals surface area contributed by atoms with E-state index in [2.05, 4.69) is 54.2 Å². The van der Waals surface area contributed by atoms with E-state index in [4.69, 9.17) is 0 Å². The standard InChI is InChI=1S/C15H19NOS2/c1-9-13(11-5-3-7-18-11)16-14(10(2)15(9)17)12-6-4-8-19-12/h3-10,13-17H,1-2H3/t9-,10+,13+,14-,15?. The van der Waals surface area contributed by atoms with Gasteiger partial charge < -0.3 is 10.4 Å². The van der Waals surface area contributed by atoms with Gasteiger partial charge in [-0.25, -0.2) is 0 Å². The molecule has 5 atom stereocenters. The molecule has 0 aromatic carbocycles. The summed E-state index contributed by atoms with van der Waals surface area (Å²) in [5.41, 5.74) is 0. The number of piperidine rings is 1. The molecule has 0 amide bonds. The van der Waals surface area contributed by atoms with Gasteiger partial charge in [-0.2, -0.15) is 0 Å². The average Bonchev–Trinajstić information content (AvgIpc) is 3.08. The molecular weight excluding hydrogens is 274 g/mol. The predicted molar refractivity (Wildman–Crippen MR) is 81.6 cm³/mol. The molecular formula is C15H19NOS2. The zero-order valence-corrected chi connectivity index (χ0v) is 12.7. The van der Waals surface area contributed by atoms with Crippen LogP contribution in [0.2, 0.25) is 0 Å². The van der Waals surface area contributed by atoms with Crippen molar-refractivity contribution in [3.63, 3.8) is 0 Å². The molecule has 1 fully saturated rings. The summed E-state index contributed by atoms with van der Waals surface area (Å²) in [6.45, 7) is 4.28. The van der Waals surface area contributed by atoms with E-state index in [0.717, 1.165) is 0 Å². The van der Waals surface area contributed by atoms with E-state index in [1.165, 1.54) is 9.75 Å². The number of hydrogen-bond acceptors (Lipinski definition) is 4. The summed E-state index contributed by atoms with van der Waals surface area (Å²) >= 11 is 3.53. The van der Waals surface area contributed by atoms with E-state index < -0.39 is 0 Å². The quantitative estimate of drug-likeness (QED) is 0.882. The fourth-order valence-corrected chi connectivity index (χ4v) is 4.79. The van der Waals surface area contributed by atoms with Crippen molar-refractivity contribution in [3.05, 3.63) is 44.8 Å². The Balaban J connectivity index is 1.91. The molecule has 0 radical (unpaired) electrons. The molecule has 2 N–H and O–H groups in total. The van der Waals surface area contributed by atoms with Crippen LogP contribution < -0.4 is 5.32 Å². The fourth-order valence-electron chi connectivity index (χ4n) is 2.99. The lowest BCUT2D eigenvalue weighted by Gasteiger charge is -2.43. The van der Waals surface area contributed by atoms with Crippen LogP contribution in [0.1, 0.15) is 35.7 Å². The van der Waals surface area contributed by atoms with Gasteiger partial charge in [0.25, 0.3) is 0 Å². The zero-order valence-electron chi connectivity index (χ0n) is 11.1. The van der Waals surface area contributed by atoms with Gasteiger partial charge >= 0.3 is 0 Å². The molecule has 2 nitrogen and oxygen atoms in total. The minimum atomic E-state index is -0.263. The molecule has 1 aliphatic heterocycles. The molecule has 102 valence electrons. The van der Waals surface area contributed by atoms with Gasteiger partial charge in [0.1, 0.15) is 0 Å². The summed E-state index contributed by atoms with van der Waals surface area (Å²) in [7, 11) is 0. The van der Waals surface area contributed by atoms with Gasteiger partial charge in [-0.15, -0.1) is 22.7 Å². The second-order valence-corrected chi connectivity index (χ2v) is 7.32. The van der Waals surface area contributed by atoms with Crippen LogP contribution in [0, 0.1) is 11.8 Å². The number of rotatable bonds is 2. The Bertz CT molecular complexity index is 462. The van der Waals surface area contributed by atoms with Crippen molar-refractivity contribution >= 4 is 22.7 Å². The minimum absolute atomic E-state index is 0.241. The van der Waals surface area contributed by atoms with Crippen LogP contribution in [0.5, 0.6) is 0 Å². The van der Waals surface area contributed by atoms with Crippen LogP contribution in [0.15, 0.2) is 35.0 Å². The third kappa shape index (κ3) is 2.38. The van der Waals surface area contributed by atoms with Crippen molar-refractivity contribution in [2.24, 2.45) is 11.8 Å². The topological polar surface area (TPSA) is 32.3 Å². The molecule has 1 saturated heterocycles. The van der Waals surface area contributed by atoms with Crippen LogP contribution in [-0.2, 0) is 0 Å². The number of aliphatic hydroxyl groups is 1. The first-order valence-corrected chi connectivity index (χ1v) is 8.45. The Morgan fingerprint density at radius 3 is 1.79 bits per heavy atom. The lowest BCUT2D eigenvalue weighted by Crippen LogP contribution is -2.48. The summed E-state index contributed by atoms with van der Waals surface area (Å²) < 4.78 is 0. The normalized spacial score (nSPS) is 35.4. The summed E-state index contributed by atoms with van der Waals surface area (Å²) in [6.07, 6.45) is -0.263. The third-order valence-electron chi connectivity index (χ3n) is 4.19. The number of aliphatic hydroxyl groups excluding tert-OH is 1. The van der Waals surface area contributed by atoms with Gasteiger partial charge in [0.15, 0.2) is 0 Å². The van der Waals surface area contributed by atoms with E-state index in [-0.39, 0.29) is 30.0 Å². The van der Waals surface area contributed by atoms with Crippen molar-refractivity contribution in [2.75, 3.05) is 0 Å². The van der Waals surface area contributed by atoms with Gasteiger partial charge in [0.2, 0.25) is 0 Å². The average molecular weight is 293 g/mol. The van der Waals surface area contributed by atoms with Crippen LogP contribution in [0.3, 0.4) is 0 Å². The summed E-state index contributed by atoms with van der Waals surface area (Å²) in [5, 5.41) is 18.5. The highest BCUT2D eigenvalue weighted by molar-refractivity contribution is 7.10. The Morgan fingerprint density at radius 2 is 1.42 bits per heavy atom. The smallest absolute Gasteiger partial charge is 0.0628 e. The van der Waals surface area contributed by atoms with Crippen LogP contribution in [0.4, 0.5) is 0 Å². The molecule has 0 saturated carbocycles. The maximum Gasteiger partial charge on any atom is 0.0628 e. The molecule has 1 aliphatic rings. The molecule has 0 aliphatic carbocycles. The summed E-state index contributed by atoms with van der Waals surface area (Å²) in [6, 6.07) is 8.98. The highest BCUT2D eigenvalue weighted by Crippen LogP contribution is 2.42. The monoisotopic (exact) mass is 293 g/mol. The predicted octanol–water partition coefficient (Wildman–Crippen LogP) is 3.83. The van der Waals surface area contributed by atoms with Crippen molar-refractivity contribution in [1.29, 1.82) is 0 Å². The first-order valence-electron chi connectivity index (χ1n) is 6.69. The second kappa shape index (κ2) is 5.37. The second-order valence-electron chi connectivity index (χ2n) is 5.36. The van der Waals surface area contributed by atoms with E-state index in [0.29, 0.717) is 0 Å². The Kier molecular flexibility index (Phi) is 3.76. The third-order valence-corrected chi connectivity index (χ3v) is 6.10. The summed E-state index contributed by atoms with van der Waals surface area (Å²) in [5.74, 6) is 0.481. The fraction of sp³-hybridized carbons (Fsp3) is 0.467. The zero-order chi connectivity index (χ0) is 13.4. The van der Waals surface area contributed by atoms with Gasteiger partial charge in [0, 0.05) is 33.7 Å². The summed E-state index contributed by atoms with van der Waals surface area (Å²) in [4.78, 5) is 2.64. The van der Waals surface area contributed by atoms with E-state index in [1.54, 1.807) is 22.7 Å². The molecule has 3 heterocycles. The van der Waals surface area contributed by atoms with Crippen molar-refractivity contribution in [3.8, 4) is 0 Å². The SMILES string of the molecule is C[C@@H]1C(O)[C@H](C)[C@@H](c2cccs2)N[C@H]1c1cccs1. The largest absolute Gasteiger partial charge is 0.392 e. The lowest BCUT2D eigenvalue weighted by atomic mass is 9.78. The van der Waals surface area contributed by atoms with Crippen LogP contribution in [0.25, 0.3) is 0 Å². The van der Waals surface area contributed by atoms with Gasteiger partial charge in [-0.05, 0) is 22.9 Å². The molecule has 4 heteroatoms. The molecule has 2 aromatic rings. The number of nitrogens with one attached hydrogen (secondary N) is 1. The molecule has 3 rings (SSSR count). The first-order chi connectivity index (χ1) is 9.18. The number of hydrogen-bond donors (Lipinski definition) is 2. The molecule has 0 bridgehead atoms. The Labute approximate surface area is 122 Å². The van der Waals surface area contributed by atoms with Gasteiger partial charge in [0.05, 0.1) is 6.10 Å². The highest BCUT2D eigenvalue weighted by Gasteiger charge is 2.40. The Hall–Kier alpha value is -0.680. The molecule has 1 unspecified atom stereocenters. The van der Waals surface area contributed by atoms with Crippen molar-refractivity contribution in [1.82, 2.24) is 5.32 Å². The molecule has 0 spiro atoms. The van der Waals surface area contributed by atoms with E-state index in [9.17, 15) is 5.11 Å². The van der Waals surface area contributed by atoms with Crippen molar-refractivity contribution in [2.45, 2.75) is 32.0 Å². The first kappa shape index (κ1) is 13.3. The van der Waals surface area contributed by atoms with E-state index >= 15 is 0 Å². The minimum Gasteiger partial charge on any atom is -0.392 e. The van der Waals surface area contributed by atoms with Crippen molar-refractivity contribution < 1.29 is 5.11 Å². The van der Waals surface area contributed by atoms with Crippen LogP contribution in [-0.4, -0.2) is 11.2 Å². The maximum atomic E-state index is 10.6. The molecule has 2 aromatic heterocycles. The molecule has 19 heavy (non-hydrogen) atoms. The van der Waals surface area contributed by atoms with Gasteiger partial charge in [-0.1, -0.05) is 26.0 Å². The Morgan fingerprint density at radius 1 is 0.947 bits per heavy atom. The highest BCUT2D eigenvalue weighted by atomic mass is 32.1. The van der Waals surface area contributed by atoms with Gasteiger partial charge in [-0.3, -0.25) is 0 Å². The number of thiophene rings is 2.